The molecule has 2 aliphatic heterocycles. The van der Waals surface area contributed by atoms with Crippen LogP contribution in [0.3, 0.4) is 0 Å². The first-order chi connectivity index (χ1) is 23.2. The van der Waals surface area contributed by atoms with Gasteiger partial charge >= 0.3 is 0 Å². The molecule has 0 radical (unpaired) electrons. The standard InChI is InChI=1S/C36H34ClN7O4/c1-20-23(6-5-9-26(20)41-33-31-22(12-13-38-33)15-40-43(2)35(31)46)24-7-4-8-25(32(24)37)27-14-21-10-11-28(30(21)34(42-27)47-3)44-18-36(19-44)17-39-29(45)16-48-36/h4-9,12-15,28H,10-11,16-19H2,1-3H3,(H,38,41)(H,39,45). The molecular weight excluding hydrogens is 630 g/mol. The van der Waals surface area contributed by atoms with Crippen molar-refractivity contribution in [2.75, 3.05) is 38.7 Å². The maximum absolute atomic E-state index is 13.0. The fraction of sp³-hybridized carbons (Fsp3) is 0.306. The summed E-state index contributed by atoms with van der Waals surface area (Å²) in [5.74, 6) is 1.02. The summed E-state index contributed by atoms with van der Waals surface area (Å²) >= 11 is 7.21. The summed E-state index contributed by atoms with van der Waals surface area (Å²) in [5.41, 5.74) is 6.94. The topological polar surface area (TPSA) is 124 Å². The van der Waals surface area contributed by atoms with Crippen LogP contribution in [0.2, 0.25) is 5.02 Å². The van der Waals surface area contributed by atoms with Crippen LogP contribution in [0.5, 0.6) is 5.88 Å². The normalized spacial score (nSPS) is 18.4. The van der Waals surface area contributed by atoms with Gasteiger partial charge in [0.05, 0.1) is 29.4 Å². The molecule has 1 amide bonds. The van der Waals surface area contributed by atoms with Gasteiger partial charge in [-0.1, -0.05) is 41.9 Å². The molecule has 2 saturated heterocycles. The molecule has 1 atom stereocenters. The lowest BCUT2D eigenvalue weighted by molar-refractivity contribution is -0.179. The molecule has 5 aromatic rings. The number of amides is 1. The average Bonchev–Trinajstić information content (AvgIpc) is 3.50. The highest BCUT2D eigenvalue weighted by Gasteiger charge is 2.50. The Balaban J connectivity index is 1.10. The van der Waals surface area contributed by atoms with Crippen LogP contribution in [0.25, 0.3) is 33.2 Å². The Morgan fingerprint density at radius 3 is 2.69 bits per heavy atom. The molecule has 0 bridgehead atoms. The monoisotopic (exact) mass is 663 g/mol. The van der Waals surface area contributed by atoms with Crippen molar-refractivity contribution in [3.8, 4) is 28.3 Å². The zero-order chi connectivity index (χ0) is 33.2. The molecule has 2 fully saturated rings. The number of hydrogen-bond acceptors (Lipinski definition) is 9. The number of methoxy groups -OCH3 is 1. The van der Waals surface area contributed by atoms with E-state index in [4.69, 9.17) is 26.1 Å². The van der Waals surface area contributed by atoms with Gasteiger partial charge in [0.1, 0.15) is 18.0 Å². The van der Waals surface area contributed by atoms with E-state index in [2.05, 4.69) is 31.7 Å². The van der Waals surface area contributed by atoms with Crippen molar-refractivity contribution in [2.24, 2.45) is 7.05 Å². The lowest BCUT2D eigenvalue weighted by Crippen LogP contribution is -2.70. The first-order valence-electron chi connectivity index (χ1n) is 15.9. The number of aryl methyl sites for hydroxylation is 2. The zero-order valence-corrected chi connectivity index (χ0v) is 27.6. The number of carbonyl (C=O) groups is 1. The number of ether oxygens (including phenoxy) is 2. The predicted octanol–water partition coefficient (Wildman–Crippen LogP) is 4.96. The van der Waals surface area contributed by atoms with E-state index in [0.717, 1.165) is 65.1 Å². The van der Waals surface area contributed by atoms with Crippen molar-refractivity contribution < 1.29 is 14.3 Å². The number of nitrogens with zero attached hydrogens (tertiary/aromatic N) is 5. The van der Waals surface area contributed by atoms with Crippen molar-refractivity contribution in [1.82, 2.24) is 30.0 Å². The number of likely N-dealkylation sites (tertiary alicyclic amines) is 1. The first-order valence-corrected chi connectivity index (χ1v) is 16.3. The Hall–Kier alpha value is -4.84. The third-order valence-electron chi connectivity index (χ3n) is 9.88. The Morgan fingerprint density at radius 1 is 1.10 bits per heavy atom. The summed E-state index contributed by atoms with van der Waals surface area (Å²) in [6, 6.07) is 16.0. The van der Waals surface area contributed by atoms with Gasteiger partial charge in [-0.2, -0.15) is 5.10 Å². The minimum Gasteiger partial charge on any atom is -0.481 e. The van der Waals surface area contributed by atoms with Gasteiger partial charge in [-0.25, -0.2) is 14.6 Å². The third kappa shape index (κ3) is 5.01. The Labute approximate surface area is 281 Å². The second-order valence-corrected chi connectivity index (χ2v) is 13.1. The van der Waals surface area contributed by atoms with E-state index in [1.165, 1.54) is 10.2 Å². The average molecular weight is 664 g/mol. The molecule has 3 aromatic heterocycles. The lowest BCUT2D eigenvalue weighted by atomic mass is 9.89. The Morgan fingerprint density at radius 2 is 1.90 bits per heavy atom. The predicted molar refractivity (Wildman–Crippen MR) is 184 cm³/mol. The Kier molecular flexibility index (Phi) is 7.43. The fourth-order valence-electron chi connectivity index (χ4n) is 7.33. The van der Waals surface area contributed by atoms with Crippen LogP contribution in [0.15, 0.2) is 65.7 Å². The summed E-state index contributed by atoms with van der Waals surface area (Å²) in [7, 11) is 3.29. The molecule has 11 nitrogen and oxygen atoms in total. The van der Waals surface area contributed by atoms with Gasteiger partial charge < -0.3 is 20.1 Å². The highest BCUT2D eigenvalue weighted by molar-refractivity contribution is 6.36. The van der Waals surface area contributed by atoms with Crippen LogP contribution in [-0.4, -0.2) is 69.5 Å². The maximum Gasteiger partial charge on any atom is 0.278 e. The molecule has 1 aliphatic carbocycles. The molecular formula is C36H34ClN7O4. The van der Waals surface area contributed by atoms with Crippen molar-refractivity contribution in [1.29, 1.82) is 0 Å². The van der Waals surface area contributed by atoms with Gasteiger partial charge in [0, 0.05) is 66.7 Å². The smallest absolute Gasteiger partial charge is 0.278 e. The molecule has 0 saturated carbocycles. The number of anilines is 2. The minimum absolute atomic E-state index is 0.0599. The molecule has 8 rings (SSSR count). The summed E-state index contributed by atoms with van der Waals surface area (Å²) in [6.45, 7) is 4.20. The molecule has 2 aromatic carbocycles. The van der Waals surface area contributed by atoms with Crippen molar-refractivity contribution >= 4 is 39.8 Å². The van der Waals surface area contributed by atoms with Crippen LogP contribution in [0, 0.1) is 6.92 Å². The zero-order valence-electron chi connectivity index (χ0n) is 26.8. The fourth-order valence-corrected chi connectivity index (χ4v) is 7.66. The van der Waals surface area contributed by atoms with E-state index in [9.17, 15) is 9.59 Å². The number of rotatable bonds is 6. The third-order valence-corrected chi connectivity index (χ3v) is 10.3. The molecule has 3 aliphatic rings. The molecule has 12 heteroatoms. The van der Waals surface area contributed by atoms with Gasteiger partial charge in [0.15, 0.2) is 0 Å². The number of hydrogen-bond donors (Lipinski definition) is 2. The van der Waals surface area contributed by atoms with E-state index in [-0.39, 0.29) is 29.7 Å². The van der Waals surface area contributed by atoms with Gasteiger partial charge in [0.25, 0.3) is 5.56 Å². The molecule has 1 spiro atoms. The van der Waals surface area contributed by atoms with Crippen molar-refractivity contribution in [2.45, 2.75) is 31.4 Å². The van der Waals surface area contributed by atoms with Gasteiger partial charge in [-0.05, 0) is 54.7 Å². The van der Waals surface area contributed by atoms with E-state index in [1.54, 1.807) is 32.6 Å². The SMILES string of the molecule is COc1nc(-c2cccc(-c3cccc(Nc4nccc5cnn(C)c(=O)c45)c3C)c2Cl)cc2c1C(N1CC3(CNC(=O)CO3)C1)CC2. The number of benzene rings is 2. The number of pyridine rings is 2. The number of halogens is 1. The number of morpholine rings is 1. The van der Waals surface area contributed by atoms with Crippen molar-refractivity contribution in [3.05, 3.63) is 93.0 Å². The largest absolute Gasteiger partial charge is 0.481 e. The van der Waals surface area contributed by atoms with Crippen molar-refractivity contribution in [3.63, 3.8) is 0 Å². The molecule has 48 heavy (non-hydrogen) atoms. The highest BCUT2D eigenvalue weighted by atomic mass is 35.5. The molecule has 5 heterocycles. The summed E-state index contributed by atoms with van der Waals surface area (Å²) < 4.78 is 13.1. The molecule has 1 unspecified atom stereocenters. The second kappa shape index (κ2) is 11.7. The molecule has 244 valence electrons. The first kappa shape index (κ1) is 30.5. The lowest BCUT2D eigenvalue weighted by Gasteiger charge is -2.53. The summed E-state index contributed by atoms with van der Waals surface area (Å²) in [4.78, 5) is 36.4. The van der Waals surface area contributed by atoms with Gasteiger partial charge in [-0.15, -0.1) is 0 Å². The number of carbonyl (C=O) groups excluding carboxylic acids is 1. The van der Waals surface area contributed by atoms with Crippen LogP contribution < -0.4 is 20.9 Å². The number of aromatic nitrogens is 4. The van der Waals surface area contributed by atoms with Gasteiger partial charge in [0.2, 0.25) is 11.8 Å². The maximum atomic E-state index is 13.0. The quantitative estimate of drug-likeness (QED) is 0.260. The second-order valence-electron chi connectivity index (χ2n) is 12.8. The summed E-state index contributed by atoms with van der Waals surface area (Å²) in [6.07, 6.45) is 5.19. The van der Waals surface area contributed by atoms with E-state index >= 15 is 0 Å². The van der Waals surface area contributed by atoms with E-state index in [1.807, 2.05) is 43.3 Å². The van der Waals surface area contributed by atoms with Crippen LogP contribution in [0.4, 0.5) is 11.5 Å². The number of nitrogens with one attached hydrogen (secondary N) is 2. The van der Waals surface area contributed by atoms with Crippen LogP contribution in [-0.2, 0) is 23.0 Å². The van der Waals surface area contributed by atoms with Crippen LogP contribution >= 0.6 is 11.6 Å². The van der Waals surface area contributed by atoms with Crippen LogP contribution in [0.1, 0.15) is 29.2 Å². The van der Waals surface area contributed by atoms with E-state index < -0.39 is 0 Å². The minimum atomic E-state index is -0.309. The van der Waals surface area contributed by atoms with Gasteiger partial charge in [-0.3, -0.25) is 14.5 Å². The Bertz CT molecular complexity index is 2170. The highest BCUT2D eigenvalue weighted by Crippen LogP contribution is 2.47. The van der Waals surface area contributed by atoms with E-state index in [0.29, 0.717) is 34.0 Å². The number of fused-ring (bicyclic) bond motifs is 2. The molecule has 2 N–H and O–H groups in total. The summed E-state index contributed by atoms with van der Waals surface area (Å²) in [5, 5.41) is 12.2.